The summed E-state index contributed by atoms with van der Waals surface area (Å²) in [5.41, 5.74) is 0.697. The van der Waals surface area contributed by atoms with E-state index in [4.69, 9.17) is 0 Å². The number of carbonyl (C=O) groups excluding carboxylic acids is 1. The summed E-state index contributed by atoms with van der Waals surface area (Å²) >= 11 is 1.40. The lowest BCUT2D eigenvalue weighted by Gasteiger charge is -2.34. The minimum absolute atomic E-state index is 0.115. The molecule has 1 aliphatic heterocycles. The van der Waals surface area contributed by atoms with Gasteiger partial charge in [-0.15, -0.1) is 11.3 Å². The zero-order valence-electron chi connectivity index (χ0n) is 15.3. The predicted octanol–water partition coefficient (Wildman–Crippen LogP) is 2.32. The molecule has 1 aromatic carbocycles. The van der Waals surface area contributed by atoms with Crippen molar-refractivity contribution < 1.29 is 18.3 Å². The Morgan fingerprint density at radius 3 is 2.72 bits per heavy atom. The molecular formula is C19H18F2N4O3S. The first-order valence-electron chi connectivity index (χ1n) is 9.02. The van der Waals surface area contributed by atoms with E-state index in [1.54, 1.807) is 23.2 Å². The molecule has 10 heteroatoms. The van der Waals surface area contributed by atoms with Crippen molar-refractivity contribution in [1.29, 1.82) is 0 Å². The van der Waals surface area contributed by atoms with Crippen LogP contribution in [0, 0.1) is 0 Å². The number of aromatic nitrogens is 2. The Balaban J connectivity index is 1.40. The molecule has 0 aliphatic carbocycles. The van der Waals surface area contributed by atoms with Crippen LogP contribution in [0.25, 0.3) is 4.96 Å². The summed E-state index contributed by atoms with van der Waals surface area (Å²) < 4.78 is 31.1. The Hall–Kier alpha value is -2.85. The Morgan fingerprint density at radius 1 is 1.21 bits per heavy atom. The first-order valence-corrected chi connectivity index (χ1v) is 9.90. The Labute approximate surface area is 168 Å². The lowest BCUT2D eigenvalue weighted by atomic mass is 10.1. The third kappa shape index (κ3) is 4.28. The number of para-hydroxylation sites is 1. The van der Waals surface area contributed by atoms with Gasteiger partial charge in [0.2, 0.25) is 0 Å². The van der Waals surface area contributed by atoms with E-state index in [9.17, 15) is 18.4 Å². The van der Waals surface area contributed by atoms with E-state index in [-0.39, 0.29) is 22.8 Å². The summed E-state index contributed by atoms with van der Waals surface area (Å²) in [6.45, 7) is -0.400. The number of fused-ring (bicyclic) bond motifs is 1. The molecule has 3 heterocycles. The number of alkyl halides is 2. The summed E-state index contributed by atoms with van der Waals surface area (Å²) in [5.74, 6) is -0.457. The summed E-state index contributed by atoms with van der Waals surface area (Å²) in [5, 5.41) is 1.81. The van der Waals surface area contributed by atoms with Gasteiger partial charge < -0.3 is 9.64 Å². The van der Waals surface area contributed by atoms with Crippen LogP contribution in [0.15, 0.2) is 46.7 Å². The van der Waals surface area contributed by atoms with Crippen molar-refractivity contribution >= 4 is 22.2 Å². The number of ether oxygens (including phenoxy) is 1. The molecule has 3 aromatic rings. The molecule has 152 valence electrons. The van der Waals surface area contributed by atoms with Crippen LogP contribution in [0.5, 0.6) is 5.75 Å². The number of halogens is 2. The van der Waals surface area contributed by atoms with Gasteiger partial charge in [0.15, 0.2) is 4.96 Å². The maximum atomic E-state index is 12.8. The number of amides is 1. The van der Waals surface area contributed by atoms with Gasteiger partial charge in [0.1, 0.15) is 5.75 Å². The monoisotopic (exact) mass is 420 g/mol. The predicted molar refractivity (Wildman–Crippen MR) is 104 cm³/mol. The molecule has 0 spiro atoms. The van der Waals surface area contributed by atoms with E-state index >= 15 is 0 Å². The number of rotatable bonds is 5. The Kier molecular flexibility index (Phi) is 5.54. The lowest BCUT2D eigenvalue weighted by molar-refractivity contribution is -0.0503. The SMILES string of the molecule is O=C(c1ccccc1OC(F)F)N1CCN(Cc2cc(=O)n3ccsc3n2)CC1. The average Bonchev–Trinajstić information content (AvgIpc) is 3.17. The van der Waals surface area contributed by atoms with Gasteiger partial charge in [-0.2, -0.15) is 8.78 Å². The van der Waals surface area contributed by atoms with Crippen LogP contribution in [0.2, 0.25) is 0 Å². The van der Waals surface area contributed by atoms with Crippen LogP contribution in [-0.4, -0.2) is 57.9 Å². The summed E-state index contributed by atoms with van der Waals surface area (Å²) in [6.07, 6.45) is 1.69. The fraction of sp³-hybridized carbons (Fsp3) is 0.316. The third-order valence-corrected chi connectivity index (χ3v) is 5.49. The van der Waals surface area contributed by atoms with Crippen LogP contribution in [-0.2, 0) is 6.54 Å². The normalized spacial score (nSPS) is 15.2. The van der Waals surface area contributed by atoms with Gasteiger partial charge in [0.25, 0.3) is 11.5 Å². The smallest absolute Gasteiger partial charge is 0.387 e. The first-order chi connectivity index (χ1) is 14.0. The van der Waals surface area contributed by atoms with Crippen LogP contribution in [0.1, 0.15) is 16.1 Å². The zero-order valence-corrected chi connectivity index (χ0v) is 16.1. The topological polar surface area (TPSA) is 67.2 Å². The van der Waals surface area contributed by atoms with E-state index < -0.39 is 6.61 Å². The van der Waals surface area contributed by atoms with Gasteiger partial charge in [-0.05, 0) is 12.1 Å². The molecule has 4 rings (SSSR count). The van der Waals surface area contributed by atoms with Crippen molar-refractivity contribution in [2.45, 2.75) is 13.2 Å². The Morgan fingerprint density at radius 2 is 1.97 bits per heavy atom. The van der Waals surface area contributed by atoms with E-state index in [1.807, 2.05) is 5.38 Å². The van der Waals surface area contributed by atoms with Crippen molar-refractivity contribution in [2.24, 2.45) is 0 Å². The number of nitrogens with zero attached hydrogens (tertiary/aromatic N) is 4. The second kappa shape index (κ2) is 8.26. The molecule has 1 saturated heterocycles. The number of thiazole rings is 1. The zero-order chi connectivity index (χ0) is 20.4. The standard InChI is InChI=1S/C19H18F2N4O3S/c20-18(21)28-15-4-2-1-3-14(15)17(27)24-7-5-23(6-8-24)12-13-11-16(26)25-9-10-29-19(25)22-13/h1-4,9-11,18H,5-8,12H2. The molecule has 0 radical (unpaired) electrons. The highest BCUT2D eigenvalue weighted by Crippen LogP contribution is 2.22. The van der Waals surface area contributed by atoms with Gasteiger partial charge in [0, 0.05) is 50.4 Å². The maximum Gasteiger partial charge on any atom is 0.387 e. The van der Waals surface area contributed by atoms with Crippen LogP contribution in [0.3, 0.4) is 0 Å². The van der Waals surface area contributed by atoms with Gasteiger partial charge in [-0.3, -0.25) is 18.9 Å². The molecule has 2 aromatic heterocycles. The number of carbonyl (C=O) groups is 1. The molecular weight excluding hydrogens is 402 g/mol. The van der Waals surface area contributed by atoms with Crippen molar-refractivity contribution in [3.05, 3.63) is 63.5 Å². The quantitative estimate of drug-likeness (QED) is 0.634. The molecule has 0 unspecified atom stereocenters. The molecule has 1 fully saturated rings. The van der Waals surface area contributed by atoms with Crippen molar-refractivity contribution in [3.63, 3.8) is 0 Å². The number of hydrogen-bond acceptors (Lipinski definition) is 6. The largest absolute Gasteiger partial charge is 0.434 e. The molecule has 0 N–H and O–H groups in total. The highest BCUT2D eigenvalue weighted by molar-refractivity contribution is 7.15. The fourth-order valence-corrected chi connectivity index (χ4v) is 4.06. The van der Waals surface area contributed by atoms with E-state index in [0.29, 0.717) is 43.4 Å². The third-order valence-electron chi connectivity index (χ3n) is 4.73. The molecule has 0 bridgehead atoms. The molecule has 1 amide bonds. The fourth-order valence-electron chi connectivity index (χ4n) is 3.32. The molecule has 0 atom stereocenters. The van der Waals surface area contributed by atoms with Gasteiger partial charge in [0.05, 0.1) is 11.3 Å². The number of benzene rings is 1. The highest BCUT2D eigenvalue weighted by Gasteiger charge is 2.25. The van der Waals surface area contributed by atoms with Crippen LogP contribution in [0.4, 0.5) is 8.78 Å². The highest BCUT2D eigenvalue weighted by atomic mass is 32.1. The van der Waals surface area contributed by atoms with E-state index in [0.717, 1.165) is 0 Å². The first kappa shape index (κ1) is 19.5. The van der Waals surface area contributed by atoms with Gasteiger partial charge >= 0.3 is 6.61 Å². The molecule has 0 saturated carbocycles. The second-order valence-electron chi connectivity index (χ2n) is 6.58. The minimum Gasteiger partial charge on any atom is -0.434 e. The number of hydrogen-bond donors (Lipinski definition) is 0. The minimum atomic E-state index is -2.99. The molecule has 29 heavy (non-hydrogen) atoms. The Bertz CT molecular complexity index is 1080. The van der Waals surface area contributed by atoms with Crippen molar-refractivity contribution in [2.75, 3.05) is 26.2 Å². The van der Waals surface area contributed by atoms with E-state index in [2.05, 4.69) is 14.6 Å². The number of piperazine rings is 1. The average molecular weight is 420 g/mol. The van der Waals surface area contributed by atoms with E-state index in [1.165, 1.54) is 33.9 Å². The second-order valence-corrected chi connectivity index (χ2v) is 7.46. The molecule has 1 aliphatic rings. The lowest BCUT2D eigenvalue weighted by Crippen LogP contribution is -2.48. The van der Waals surface area contributed by atoms with Crippen molar-refractivity contribution in [3.8, 4) is 5.75 Å². The molecule has 7 nitrogen and oxygen atoms in total. The summed E-state index contributed by atoms with van der Waals surface area (Å²) in [6, 6.07) is 7.54. The summed E-state index contributed by atoms with van der Waals surface area (Å²) in [4.78, 5) is 33.7. The van der Waals surface area contributed by atoms with Gasteiger partial charge in [-0.25, -0.2) is 4.98 Å². The van der Waals surface area contributed by atoms with Crippen LogP contribution >= 0.6 is 11.3 Å². The van der Waals surface area contributed by atoms with Gasteiger partial charge in [-0.1, -0.05) is 12.1 Å². The van der Waals surface area contributed by atoms with Crippen molar-refractivity contribution in [1.82, 2.24) is 19.2 Å². The maximum absolute atomic E-state index is 12.8. The van der Waals surface area contributed by atoms with Crippen LogP contribution < -0.4 is 10.3 Å². The summed E-state index contributed by atoms with van der Waals surface area (Å²) in [7, 11) is 0.